The summed E-state index contributed by atoms with van der Waals surface area (Å²) in [5.41, 5.74) is 2.80. The third-order valence-corrected chi connectivity index (χ3v) is 9.63. The molecule has 0 radical (unpaired) electrons. The lowest BCUT2D eigenvalue weighted by atomic mass is 10.0. The molecule has 11 nitrogen and oxygen atoms in total. The van der Waals surface area contributed by atoms with Crippen molar-refractivity contribution in [3.63, 3.8) is 0 Å². The molecule has 1 atom stereocenters. The topological polar surface area (TPSA) is 118 Å². The lowest BCUT2D eigenvalue weighted by Crippen LogP contribution is -2.54. The molecule has 0 bridgehead atoms. The molecule has 0 saturated carbocycles. The number of para-hydroxylation sites is 1. The number of hydrogen-bond acceptors (Lipinski definition) is 7. The summed E-state index contributed by atoms with van der Waals surface area (Å²) >= 11 is 0. The largest absolute Gasteiger partial charge is 0.508 e. The Morgan fingerprint density at radius 2 is 1.50 bits per heavy atom. The molecule has 4 heterocycles. The summed E-state index contributed by atoms with van der Waals surface area (Å²) in [6.45, 7) is 6.90. The summed E-state index contributed by atoms with van der Waals surface area (Å²) < 4.78 is 5.97. The standard InChI is InChI=1S/C33H44N6O5/c40-28-7-5-24(6-8-28)23-30(31(41)37-16-10-26(11-17-37)36-21-14-34-15-22-36)44-33(43)38-18-12-27(13-19-38)39-20-9-25-3-1-2-4-29(25)35-32(39)42/h1-8,26-27,30,34,40H,9-23H2,(H,35,42)/t30-/m1/s1. The molecule has 4 amide bonds. The number of carbonyl (C=O) groups is 3. The summed E-state index contributed by atoms with van der Waals surface area (Å²) in [6, 6.07) is 15.0. The van der Waals surface area contributed by atoms with Crippen LogP contribution in [0.2, 0.25) is 0 Å². The molecular weight excluding hydrogens is 560 g/mol. The highest BCUT2D eigenvalue weighted by atomic mass is 16.6. The number of fused-ring (bicyclic) bond motifs is 1. The van der Waals surface area contributed by atoms with E-state index in [4.69, 9.17) is 4.74 Å². The van der Waals surface area contributed by atoms with Gasteiger partial charge in [0, 0.05) is 83.1 Å². The predicted molar refractivity (Wildman–Crippen MR) is 167 cm³/mol. The van der Waals surface area contributed by atoms with Gasteiger partial charge >= 0.3 is 12.1 Å². The number of nitrogens with one attached hydrogen (secondary N) is 2. The lowest BCUT2D eigenvalue weighted by Gasteiger charge is -2.41. The fraction of sp³-hybridized carbons (Fsp3) is 0.545. The van der Waals surface area contributed by atoms with E-state index >= 15 is 0 Å². The average Bonchev–Trinajstić information content (AvgIpc) is 3.23. The minimum atomic E-state index is -0.949. The van der Waals surface area contributed by atoms with Crippen LogP contribution < -0.4 is 10.6 Å². The first-order valence-corrected chi connectivity index (χ1v) is 16.1. The molecule has 11 heteroatoms. The zero-order valence-electron chi connectivity index (χ0n) is 25.3. The first-order valence-electron chi connectivity index (χ1n) is 16.1. The SMILES string of the molecule is O=C(O[C@H](Cc1ccc(O)cc1)C(=O)N1CCC(N2CCNCC2)CC1)N1CCC(N2CCc3ccccc3NC2=O)CC1. The summed E-state index contributed by atoms with van der Waals surface area (Å²) in [5, 5.41) is 16.2. The van der Waals surface area contributed by atoms with Crippen molar-refractivity contribution in [3.8, 4) is 5.75 Å². The van der Waals surface area contributed by atoms with E-state index in [9.17, 15) is 19.5 Å². The Balaban J connectivity index is 1.06. The van der Waals surface area contributed by atoms with E-state index in [2.05, 4.69) is 15.5 Å². The summed E-state index contributed by atoms with van der Waals surface area (Å²) in [6.07, 6.45) is 2.70. The number of phenols is 1. The Hall–Kier alpha value is -3.83. The Bertz CT molecular complexity index is 1300. The van der Waals surface area contributed by atoms with Crippen LogP contribution in [0.4, 0.5) is 15.3 Å². The van der Waals surface area contributed by atoms with Crippen molar-refractivity contribution in [3.05, 3.63) is 59.7 Å². The maximum atomic E-state index is 13.8. The van der Waals surface area contributed by atoms with Crippen molar-refractivity contribution in [2.75, 3.05) is 64.2 Å². The minimum absolute atomic E-state index is 0.0276. The number of anilines is 1. The number of rotatable bonds is 6. The molecule has 4 aliphatic heterocycles. The van der Waals surface area contributed by atoms with Crippen LogP contribution >= 0.6 is 0 Å². The van der Waals surface area contributed by atoms with Crippen molar-refractivity contribution in [2.24, 2.45) is 0 Å². The van der Waals surface area contributed by atoms with E-state index in [-0.39, 0.29) is 30.2 Å². The van der Waals surface area contributed by atoms with Crippen LogP contribution in [0.25, 0.3) is 0 Å². The van der Waals surface area contributed by atoms with Crippen LogP contribution in [0.15, 0.2) is 48.5 Å². The van der Waals surface area contributed by atoms with Gasteiger partial charge in [-0.05, 0) is 61.4 Å². The number of benzene rings is 2. The number of hydrogen-bond donors (Lipinski definition) is 3. The molecule has 0 unspecified atom stereocenters. The lowest BCUT2D eigenvalue weighted by molar-refractivity contribution is -0.142. The van der Waals surface area contributed by atoms with Crippen LogP contribution in [-0.4, -0.2) is 120 Å². The van der Waals surface area contributed by atoms with Gasteiger partial charge in [-0.15, -0.1) is 0 Å². The maximum Gasteiger partial charge on any atom is 0.410 e. The fourth-order valence-corrected chi connectivity index (χ4v) is 7.02. The smallest absolute Gasteiger partial charge is 0.410 e. The Labute approximate surface area is 259 Å². The summed E-state index contributed by atoms with van der Waals surface area (Å²) in [4.78, 5) is 48.2. The van der Waals surface area contributed by atoms with Crippen LogP contribution in [0.3, 0.4) is 0 Å². The number of likely N-dealkylation sites (tertiary alicyclic amines) is 2. The van der Waals surface area contributed by atoms with Crippen molar-refractivity contribution in [1.82, 2.24) is 24.9 Å². The maximum absolute atomic E-state index is 13.8. The number of piperazine rings is 1. The number of aromatic hydroxyl groups is 1. The second kappa shape index (κ2) is 13.9. The number of carbonyl (C=O) groups excluding carboxylic acids is 3. The molecule has 2 aromatic carbocycles. The Morgan fingerprint density at radius 3 is 2.23 bits per heavy atom. The van der Waals surface area contributed by atoms with Gasteiger partial charge in [0.2, 0.25) is 0 Å². The quantitative estimate of drug-likeness (QED) is 0.464. The van der Waals surface area contributed by atoms with Crippen molar-refractivity contribution in [2.45, 2.75) is 56.7 Å². The van der Waals surface area contributed by atoms with Gasteiger partial charge in [-0.3, -0.25) is 9.69 Å². The molecule has 0 aromatic heterocycles. The van der Waals surface area contributed by atoms with Crippen molar-refractivity contribution in [1.29, 1.82) is 0 Å². The number of phenolic OH excluding ortho intramolecular Hbond substituents is 1. The van der Waals surface area contributed by atoms with Crippen molar-refractivity contribution >= 4 is 23.7 Å². The van der Waals surface area contributed by atoms with E-state index < -0.39 is 12.2 Å². The van der Waals surface area contributed by atoms with Gasteiger partial charge in [0.1, 0.15) is 5.75 Å². The van der Waals surface area contributed by atoms with Gasteiger partial charge in [0.25, 0.3) is 5.91 Å². The molecule has 236 valence electrons. The Kier molecular flexibility index (Phi) is 9.51. The number of urea groups is 1. The van der Waals surface area contributed by atoms with E-state index in [1.165, 1.54) is 0 Å². The van der Waals surface area contributed by atoms with Gasteiger partial charge in [0.15, 0.2) is 6.10 Å². The highest BCUT2D eigenvalue weighted by Gasteiger charge is 2.36. The molecular formula is C33H44N6O5. The monoisotopic (exact) mass is 604 g/mol. The number of piperidine rings is 2. The van der Waals surface area contributed by atoms with Crippen LogP contribution in [0.5, 0.6) is 5.75 Å². The first kappa shape index (κ1) is 30.2. The minimum Gasteiger partial charge on any atom is -0.508 e. The zero-order valence-corrected chi connectivity index (χ0v) is 25.3. The normalized spacial score (nSPS) is 21.3. The van der Waals surface area contributed by atoms with E-state index in [1.54, 1.807) is 29.2 Å². The third kappa shape index (κ3) is 7.10. The van der Waals surface area contributed by atoms with Crippen LogP contribution in [-0.2, 0) is 22.4 Å². The molecule has 44 heavy (non-hydrogen) atoms. The molecule has 0 aliphatic carbocycles. The first-order chi connectivity index (χ1) is 21.4. The average molecular weight is 605 g/mol. The van der Waals surface area contributed by atoms with Crippen LogP contribution in [0, 0.1) is 0 Å². The fourth-order valence-electron chi connectivity index (χ4n) is 7.02. The molecule has 4 aliphatic rings. The third-order valence-electron chi connectivity index (χ3n) is 9.63. The Morgan fingerprint density at radius 1 is 0.841 bits per heavy atom. The van der Waals surface area contributed by atoms with E-state index in [0.717, 1.165) is 62.3 Å². The number of nitrogens with zero attached hydrogens (tertiary/aromatic N) is 4. The molecule has 3 N–H and O–H groups in total. The second-order valence-corrected chi connectivity index (χ2v) is 12.3. The highest BCUT2D eigenvalue weighted by Crippen LogP contribution is 2.26. The summed E-state index contributed by atoms with van der Waals surface area (Å²) in [5.74, 6) is -0.0191. The van der Waals surface area contributed by atoms with Crippen LogP contribution in [0.1, 0.15) is 36.8 Å². The van der Waals surface area contributed by atoms with E-state index in [0.29, 0.717) is 51.6 Å². The van der Waals surface area contributed by atoms with Gasteiger partial charge in [-0.2, -0.15) is 0 Å². The zero-order chi connectivity index (χ0) is 30.5. The van der Waals surface area contributed by atoms with Gasteiger partial charge in [0.05, 0.1) is 0 Å². The molecule has 2 aromatic rings. The highest BCUT2D eigenvalue weighted by molar-refractivity contribution is 5.91. The van der Waals surface area contributed by atoms with E-state index in [1.807, 2.05) is 34.1 Å². The number of ether oxygens (including phenoxy) is 1. The summed E-state index contributed by atoms with van der Waals surface area (Å²) in [7, 11) is 0. The van der Waals surface area contributed by atoms with Gasteiger partial charge in [-0.1, -0.05) is 30.3 Å². The number of amides is 4. The molecule has 6 rings (SSSR count). The molecule has 0 spiro atoms. The molecule has 3 fully saturated rings. The van der Waals surface area contributed by atoms with Gasteiger partial charge < -0.3 is 35.2 Å². The second-order valence-electron chi connectivity index (χ2n) is 12.3. The van der Waals surface area contributed by atoms with Crippen molar-refractivity contribution < 1.29 is 24.2 Å². The molecule has 3 saturated heterocycles. The predicted octanol–water partition coefficient (Wildman–Crippen LogP) is 2.89. The van der Waals surface area contributed by atoms with Gasteiger partial charge in [-0.25, -0.2) is 9.59 Å².